The third-order valence-electron chi connectivity index (χ3n) is 4.13. The summed E-state index contributed by atoms with van der Waals surface area (Å²) in [6, 6.07) is 18.4. The van der Waals surface area contributed by atoms with Gasteiger partial charge in [0.15, 0.2) is 11.5 Å². The Labute approximate surface area is 208 Å². The zero-order chi connectivity index (χ0) is 22.2. The average Bonchev–Trinajstić information content (AvgIpc) is 2.74. The molecule has 3 aromatic rings. The van der Waals surface area contributed by atoms with Crippen molar-refractivity contribution in [2.24, 2.45) is 5.10 Å². The zero-order valence-electron chi connectivity index (χ0n) is 16.6. The van der Waals surface area contributed by atoms with Crippen molar-refractivity contribution in [3.05, 3.63) is 90.4 Å². The quantitative estimate of drug-likeness (QED) is 0.181. The van der Waals surface area contributed by atoms with Crippen molar-refractivity contribution in [1.82, 2.24) is 5.43 Å². The van der Waals surface area contributed by atoms with Crippen LogP contribution in [0, 0.1) is 3.57 Å². The number of ether oxygens (including phenoxy) is 2. The van der Waals surface area contributed by atoms with Crippen molar-refractivity contribution in [3.63, 3.8) is 0 Å². The number of nitrogens with one attached hydrogen (secondary N) is 1. The van der Waals surface area contributed by atoms with Gasteiger partial charge in [-0.1, -0.05) is 35.9 Å². The van der Waals surface area contributed by atoms with E-state index in [-0.39, 0.29) is 5.91 Å². The van der Waals surface area contributed by atoms with Crippen LogP contribution >= 0.6 is 50.1 Å². The number of halogens is 3. The fourth-order valence-electron chi connectivity index (χ4n) is 2.69. The third kappa shape index (κ3) is 6.69. The molecule has 0 spiro atoms. The molecule has 3 aromatic carbocycles. The predicted molar refractivity (Wildman–Crippen MR) is 135 cm³/mol. The molecule has 1 amide bonds. The van der Waals surface area contributed by atoms with Gasteiger partial charge >= 0.3 is 0 Å². The smallest absolute Gasteiger partial charge is 0.271 e. The van der Waals surface area contributed by atoms with Crippen LogP contribution in [0.15, 0.2) is 70.2 Å². The van der Waals surface area contributed by atoms with E-state index in [2.05, 4.69) is 49.0 Å². The molecule has 0 bridgehead atoms. The monoisotopic (exact) mass is 612 g/mol. The van der Waals surface area contributed by atoms with Crippen LogP contribution in [0.3, 0.4) is 0 Å². The van der Waals surface area contributed by atoms with E-state index in [1.807, 2.05) is 49.4 Å². The molecule has 0 aliphatic rings. The van der Waals surface area contributed by atoms with Gasteiger partial charge in [-0.15, -0.1) is 0 Å². The highest BCUT2D eigenvalue weighted by molar-refractivity contribution is 14.1. The van der Waals surface area contributed by atoms with Crippen LogP contribution in [0.1, 0.15) is 28.4 Å². The molecule has 0 atom stereocenters. The van der Waals surface area contributed by atoms with Gasteiger partial charge in [0.1, 0.15) is 6.61 Å². The number of carbonyl (C=O) groups is 1. The van der Waals surface area contributed by atoms with Crippen LogP contribution in [0.5, 0.6) is 11.5 Å². The van der Waals surface area contributed by atoms with Gasteiger partial charge < -0.3 is 9.47 Å². The van der Waals surface area contributed by atoms with Gasteiger partial charge in [0.05, 0.1) is 17.3 Å². The first-order chi connectivity index (χ1) is 15.0. The van der Waals surface area contributed by atoms with E-state index in [4.69, 9.17) is 21.1 Å². The van der Waals surface area contributed by atoms with Crippen molar-refractivity contribution >= 4 is 62.2 Å². The molecule has 3 rings (SSSR count). The first-order valence-electron chi connectivity index (χ1n) is 9.39. The molecule has 0 aliphatic carbocycles. The molecule has 0 aliphatic heterocycles. The van der Waals surface area contributed by atoms with Crippen LogP contribution in [0.2, 0.25) is 5.02 Å². The number of hydrogen-bond acceptors (Lipinski definition) is 4. The molecule has 0 saturated heterocycles. The van der Waals surface area contributed by atoms with E-state index in [0.29, 0.717) is 39.8 Å². The van der Waals surface area contributed by atoms with Gasteiger partial charge in [-0.25, -0.2) is 5.43 Å². The molecule has 160 valence electrons. The molecule has 0 radical (unpaired) electrons. The summed E-state index contributed by atoms with van der Waals surface area (Å²) in [5.74, 6) is 0.856. The van der Waals surface area contributed by atoms with Gasteiger partial charge in [0.2, 0.25) is 0 Å². The largest absolute Gasteiger partial charge is 0.490 e. The number of hydrogen-bond donors (Lipinski definition) is 1. The Kier molecular flexibility index (Phi) is 8.74. The van der Waals surface area contributed by atoms with E-state index in [1.165, 1.54) is 0 Å². The molecule has 0 aromatic heterocycles. The number of amides is 1. The van der Waals surface area contributed by atoms with Gasteiger partial charge in [-0.3, -0.25) is 4.79 Å². The summed E-state index contributed by atoms with van der Waals surface area (Å²) in [4.78, 5) is 12.2. The summed E-state index contributed by atoms with van der Waals surface area (Å²) in [7, 11) is 0. The second-order valence-corrected chi connectivity index (χ2v) is 8.86. The highest BCUT2D eigenvalue weighted by Gasteiger charge is 2.13. The number of rotatable bonds is 8. The maximum absolute atomic E-state index is 12.2. The molecule has 0 unspecified atom stereocenters. The summed E-state index contributed by atoms with van der Waals surface area (Å²) in [5.41, 5.74) is 4.70. The fourth-order valence-corrected chi connectivity index (χ4v) is 4.00. The number of hydrazone groups is 1. The van der Waals surface area contributed by atoms with Crippen molar-refractivity contribution in [3.8, 4) is 11.5 Å². The van der Waals surface area contributed by atoms with E-state index in [1.54, 1.807) is 24.4 Å². The minimum atomic E-state index is -0.279. The third-order valence-corrected chi connectivity index (χ3v) is 5.76. The first kappa shape index (κ1) is 23.6. The van der Waals surface area contributed by atoms with E-state index in [0.717, 1.165) is 14.7 Å². The Morgan fingerprint density at radius 1 is 1.16 bits per heavy atom. The summed E-state index contributed by atoms with van der Waals surface area (Å²) < 4.78 is 13.4. The first-order valence-corrected chi connectivity index (χ1v) is 11.6. The lowest BCUT2D eigenvalue weighted by atomic mass is 10.2. The van der Waals surface area contributed by atoms with Crippen molar-refractivity contribution < 1.29 is 14.3 Å². The SMILES string of the molecule is CCOc1cc(/C=N\NC(=O)c2cccc(I)c2)cc(Br)c1OCc1ccccc1Cl. The fraction of sp³-hybridized carbons (Fsp3) is 0.130. The minimum Gasteiger partial charge on any atom is -0.490 e. The lowest BCUT2D eigenvalue weighted by Gasteiger charge is -2.15. The lowest BCUT2D eigenvalue weighted by Crippen LogP contribution is -2.17. The van der Waals surface area contributed by atoms with Crippen molar-refractivity contribution in [1.29, 1.82) is 0 Å². The van der Waals surface area contributed by atoms with Gasteiger partial charge in [0, 0.05) is 19.7 Å². The summed E-state index contributed by atoms with van der Waals surface area (Å²) >= 11 is 11.9. The van der Waals surface area contributed by atoms with Crippen LogP contribution < -0.4 is 14.9 Å². The molecular weight excluding hydrogens is 595 g/mol. The number of nitrogens with zero attached hydrogens (tertiary/aromatic N) is 1. The molecule has 0 saturated carbocycles. The second-order valence-electron chi connectivity index (χ2n) is 6.35. The Bertz CT molecular complexity index is 1110. The number of carbonyl (C=O) groups excluding carboxylic acids is 1. The topological polar surface area (TPSA) is 59.9 Å². The maximum atomic E-state index is 12.2. The van der Waals surface area contributed by atoms with Crippen LogP contribution in [0.4, 0.5) is 0 Å². The van der Waals surface area contributed by atoms with Crippen molar-refractivity contribution in [2.75, 3.05) is 6.61 Å². The summed E-state index contributed by atoms with van der Waals surface area (Å²) in [5, 5.41) is 4.71. The van der Waals surface area contributed by atoms with Gasteiger partial charge in [-0.05, 0) is 87.4 Å². The second kappa shape index (κ2) is 11.5. The Balaban J connectivity index is 1.73. The van der Waals surface area contributed by atoms with Crippen molar-refractivity contribution in [2.45, 2.75) is 13.5 Å². The van der Waals surface area contributed by atoms with Gasteiger partial charge in [0.25, 0.3) is 5.91 Å². The zero-order valence-corrected chi connectivity index (χ0v) is 21.1. The van der Waals surface area contributed by atoms with Crippen LogP contribution in [-0.2, 0) is 6.61 Å². The normalized spacial score (nSPS) is 10.8. The molecule has 0 fully saturated rings. The standard InChI is InChI=1S/C23H19BrClIN2O3/c1-2-30-21-11-15(13-27-28-23(29)16-7-5-8-18(26)12-16)10-19(24)22(21)31-14-17-6-3-4-9-20(17)25/h3-13H,2,14H2,1H3,(H,28,29)/b27-13-. The lowest BCUT2D eigenvalue weighted by molar-refractivity contribution is 0.0955. The van der Waals surface area contributed by atoms with E-state index in [9.17, 15) is 4.79 Å². The molecule has 31 heavy (non-hydrogen) atoms. The Morgan fingerprint density at radius 3 is 2.71 bits per heavy atom. The Morgan fingerprint density at radius 2 is 1.97 bits per heavy atom. The predicted octanol–water partition coefficient (Wildman–Crippen LogP) is 6.45. The molecule has 1 N–H and O–H groups in total. The average molecular weight is 614 g/mol. The van der Waals surface area contributed by atoms with Gasteiger partial charge in [-0.2, -0.15) is 5.10 Å². The molecular formula is C23H19BrClIN2O3. The highest BCUT2D eigenvalue weighted by Crippen LogP contribution is 2.37. The summed E-state index contributed by atoms with van der Waals surface area (Å²) in [6.45, 7) is 2.67. The van der Waals surface area contributed by atoms with Crippen LogP contribution in [-0.4, -0.2) is 18.7 Å². The Hall–Kier alpha value is -2.10. The van der Waals surface area contributed by atoms with Crippen LogP contribution in [0.25, 0.3) is 0 Å². The van der Waals surface area contributed by atoms with E-state index < -0.39 is 0 Å². The number of benzene rings is 3. The highest BCUT2D eigenvalue weighted by atomic mass is 127. The maximum Gasteiger partial charge on any atom is 0.271 e. The minimum absolute atomic E-state index is 0.279. The molecule has 0 heterocycles. The van der Waals surface area contributed by atoms with E-state index >= 15 is 0 Å². The summed E-state index contributed by atoms with van der Waals surface area (Å²) in [6.07, 6.45) is 1.55. The molecule has 8 heteroatoms. The molecule has 5 nitrogen and oxygen atoms in total.